The average molecular weight is 223 g/mol. The van der Waals surface area contributed by atoms with Gasteiger partial charge in [0.25, 0.3) is 5.69 Å². The van der Waals surface area contributed by atoms with Gasteiger partial charge >= 0.3 is 0 Å². The summed E-state index contributed by atoms with van der Waals surface area (Å²) in [6, 6.07) is 5.78. The van der Waals surface area contributed by atoms with Crippen molar-refractivity contribution in [1.82, 2.24) is 0 Å². The molecule has 0 fully saturated rings. The minimum atomic E-state index is -0.862. The number of nitro groups is 1. The molecule has 0 amide bonds. The summed E-state index contributed by atoms with van der Waals surface area (Å²) in [5.41, 5.74) is 0.390. The van der Waals surface area contributed by atoms with Crippen LogP contribution < -0.4 is 0 Å². The van der Waals surface area contributed by atoms with E-state index >= 15 is 0 Å². The molecule has 1 aromatic rings. The number of ketones is 1. The number of carbonyl (C=O) groups excluding carboxylic acids is 1. The second kappa shape index (κ2) is 4.85. The number of nitrogens with zero attached hydrogens (tertiary/aromatic N) is 1. The molecule has 0 aliphatic rings. The second-order valence-electron chi connectivity index (χ2n) is 3.68. The van der Waals surface area contributed by atoms with Crippen molar-refractivity contribution in [1.29, 1.82) is 0 Å². The summed E-state index contributed by atoms with van der Waals surface area (Å²) in [6.45, 7) is 2.85. The van der Waals surface area contributed by atoms with Crippen LogP contribution in [0.5, 0.6) is 0 Å². The summed E-state index contributed by atoms with van der Waals surface area (Å²) in [5, 5.41) is 20.0. The molecule has 16 heavy (non-hydrogen) atoms. The monoisotopic (exact) mass is 223 g/mol. The molecule has 0 spiro atoms. The number of hydrogen-bond acceptors (Lipinski definition) is 4. The SMILES string of the molecule is CC(=O)C(c1cccc([N+](=O)[O-])c1)C(C)O. The minimum Gasteiger partial charge on any atom is -0.392 e. The minimum absolute atomic E-state index is 0.0793. The predicted molar refractivity (Wildman–Crippen MR) is 58.2 cm³/mol. The number of hydrogen-bond donors (Lipinski definition) is 1. The maximum atomic E-state index is 11.3. The van der Waals surface area contributed by atoms with Crippen molar-refractivity contribution in [2.75, 3.05) is 0 Å². The molecule has 0 bridgehead atoms. The zero-order valence-corrected chi connectivity index (χ0v) is 9.08. The molecule has 0 radical (unpaired) electrons. The number of aliphatic hydroxyl groups is 1. The lowest BCUT2D eigenvalue weighted by molar-refractivity contribution is -0.384. The first kappa shape index (κ1) is 12.3. The lowest BCUT2D eigenvalue weighted by Crippen LogP contribution is -2.21. The van der Waals surface area contributed by atoms with E-state index in [1.165, 1.54) is 32.0 Å². The van der Waals surface area contributed by atoms with Crippen LogP contribution in [0.4, 0.5) is 5.69 Å². The van der Waals surface area contributed by atoms with E-state index in [2.05, 4.69) is 0 Å². The number of carbonyl (C=O) groups is 1. The van der Waals surface area contributed by atoms with Gasteiger partial charge in [-0.15, -0.1) is 0 Å². The van der Waals surface area contributed by atoms with Crippen molar-refractivity contribution >= 4 is 11.5 Å². The molecule has 2 unspecified atom stereocenters. The Labute approximate surface area is 92.9 Å². The van der Waals surface area contributed by atoms with Crippen LogP contribution in [0.1, 0.15) is 25.3 Å². The van der Waals surface area contributed by atoms with Gasteiger partial charge in [-0.2, -0.15) is 0 Å². The van der Waals surface area contributed by atoms with Crippen LogP contribution in [-0.2, 0) is 4.79 Å². The highest BCUT2D eigenvalue weighted by Crippen LogP contribution is 2.24. The summed E-state index contributed by atoms with van der Waals surface area (Å²) in [4.78, 5) is 21.4. The van der Waals surface area contributed by atoms with Gasteiger partial charge in [0.2, 0.25) is 0 Å². The zero-order valence-electron chi connectivity index (χ0n) is 9.08. The smallest absolute Gasteiger partial charge is 0.269 e. The van der Waals surface area contributed by atoms with E-state index in [1.807, 2.05) is 0 Å². The molecule has 2 atom stereocenters. The van der Waals surface area contributed by atoms with Crippen molar-refractivity contribution in [3.63, 3.8) is 0 Å². The topological polar surface area (TPSA) is 80.4 Å². The number of Topliss-reactive ketones (excluding diaryl/α,β-unsaturated/α-hetero) is 1. The maximum absolute atomic E-state index is 11.3. The Morgan fingerprint density at radius 2 is 2.12 bits per heavy atom. The van der Waals surface area contributed by atoms with E-state index in [0.29, 0.717) is 5.56 Å². The van der Waals surface area contributed by atoms with Crippen molar-refractivity contribution in [2.24, 2.45) is 0 Å². The first-order chi connectivity index (χ1) is 7.43. The van der Waals surface area contributed by atoms with Crippen molar-refractivity contribution in [2.45, 2.75) is 25.9 Å². The molecule has 0 heterocycles. The lowest BCUT2D eigenvalue weighted by atomic mass is 9.90. The third-order valence-corrected chi connectivity index (χ3v) is 2.36. The van der Waals surface area contributed by atoms with E-state index in [0.717, 1.165) is 0 Å². The molecule has 86 valence electrons. The van der Waals surface area contributed by atoms with Gasteiger partial charge in [0.15, 0.2) is 0 Å². The Morgan fingerprint density at radius 1 is 1.50 bits per heavy atom. The Kier molecular flexibility index (Phi) is 3.73. The zero-order chi connectivity index (χ0) is 12.3. The molecule has 5 heteroatoms. The quantitative estimate of drug-likeness (QED) is 0.621. The van der Waals surface area contributed by atoms with Crippen LogP contribution in [0.25, 0.3) is 0 Å². The van der Waals surface area contributed by atoms with Gasteiger partial charge < -0.3 is 5.11 Å². The molecular formula is C11H13NO4. The van der Waals surface area contributed by atoms with Gasteiger partial charge in [0.1, 0.15) is 5.78 Å². The average Bonchev–Trinajstić information content (AvgIpc) is 2.16. The van der Waals surface area contributed by atoms with Crippen LogP contribution in [0.15, 0.2) is 24.3 Å². The van der Waals surface area contributed by atoms with Gasteiger partial charge in [-0.1, -0.05) is 12.1 Å². The molecule has 0 saturated carbocycles. The van der Waals surface area contributed by atoms with E-state index in [9.17, 15) is 20.0 Å². The van der Waals surface area contributed by atoms with Crippen molar-refractivity contribution < 1.29 is 14.8 Å². The molecule has 1 aromatic carbocycles. The van der Waals surface area contributed by atoms with Gasteiger partial charge in [-0.25, -0.2) is 0 Å². The lowest BCUT2D eigenvalue weighted by Gasteiger charge is -2.16. The van der Waals surface area contributed by atoms with E-state index in [1.54, 1.807) is 6.07 Å². The number of non-ortho nitro benzene ring substituents is 1. The highest BCUT2D eigenvalue weighted by Gasteiger charge is 2.23. The molecule has 1 N–H and O–H groups in total. The third-order valence-electron chi connectivity index (χ3n) is 2.36. The van der Waals surface area contributed by atoms with Crippen LogP contribution >= 0.6 is 0 Å². The van der Waals surface area contributed by atoms with Crippen LogP contribution in [0.2, 0.25) is 0 Å². The number of benzene rings is 1. The molecule has 0 aliphatic heterocycles. The summed E-state index contributed by atoms with van der Waals surface area (Å²) in [7, 11) is 0. The van der Waals surface area contributed by atoms with Crippen LogP contribution in [0, 0.1) is 10.1 Å². The van der Waals surface area contributed by atoms with Crippen LogP contribution in [0.3, 0.4) is 0 Å². The summed E-state index contributed by atoms with van der Waals surface area (Å²) >= 11 is 0. The number of rotatable bonds is 4. The fraction of sp³-hybridized carbons (Fsp3) is 0.364. The second-order valence-corrected chi connectivity index (χ2v) is 3.68. The van der Waals surface area contributed by atoms with Gasteiger partial charge in [0.05, 0.1) is 16.9 Å². The number of aliphatic hydroxyl groups excluding tert-OH is 1. The van der Waals surface area contributed by atoms with Gasteiger partial charge in [-0.3, -0.25) is 14.9 Å². The Hall–Kier alpha value is -1.75. The fourth-order valence-electron chi connectivity index (χ4n) is 1.68. The molecular weight excluding hydrogens is 210 g/mol. The summed E-state index contributed by atoms with van der Waals surface area (Å²) in [5.74, 6) is -0.921. The maximum Gasteiger partial charge on any atom is 0.269 e. The Balaban J connectivity index is 3.15. The van der Waals surface area contributed by atoms with Crippen molar-refractivity contribution in [3.8, 4) is 0 Å². The van der Waals surface area contributed by atoms with Crippen molar-refractivity contribution in [3.05, 3.63) is 39.9 Å². The summed E-state index contributed by atoms with van der Waals surface area (Å²) in [6.07, 6.45) is -0.862. The summed E-state index contributed by atoms with van der Waals surface area (Å²) < 4.78 is 0. The largest absolute Gasteiger partial charge is 0.392 e. The Bertz CT molecular complexity index is 414. The molecule has 0 aliphatic carbocycles. The van der Waals surface area contributed by atoms with E-state index < -0.39 is 16.9 Å². The molecule has 0 saturated heterocycles. The van der Waals surface area contributed by atoms with Gasteiger partial charge in [-0.05, 0) is 19.4 Å². The Morgan fingerprint density at radius 3 is 2.56 bits per heavy atom. The normalized spacial score (nSPS) is 14.2. The third kappa shape index (κ3) is 2.64. The molecule has 1 rings (SSSR count). The fourth-order valence-corrected chi connectivity index (χ4v) is 1.68. The predicted octanol–water partition coefficient (Wildman–Crippen LogP) is 1.65. The van der Waals surface area contributed by atoms with Gasteiger partial charge in [0, 0.05) is 12.1 Å². The number of nitro benzene ring substituents is 1. The standard InChI is InChI=1S/C11H13NO4/c1-7(13)11(8(2)14)9-4-3-5-10(6-9)12(15)16/h3-7,11,13H,1-2H3. The highest BCUT2D eigenvalue weighted by atomic mass is 16.6. The van der Waals surface area contributed by atoms with E-state index in [4.69, 9.17) is 0 Å². The van der Waals surface area contributed by atoms with E-state index in [-0.39, 0.29) is 11.5 Å². The molecule has 5 nitrogen and oxygen atoms in total. The first-order valence-corrected chi connectivity index (χ1v) is 4.86. The van der Waals surface area contributed by atoms with Crippen LogP contribution in [-0.4, -0.2) is 21.9 Å². The first-order valence-electron chi connectivity index (χ1n) is 4.86. The molecule has 0 aromatic heterocycles. The highest BCUT2D eigenvalue weighted by molar-refractivity contribution is 5.84.